The second-order valence-corrected chi connectivity index (χ2v) is 4.96. The van der Waals surface area contributed by atoms with Gasteiger partial charge in [-0.15, -0.1) is 0 Å². The minimum absolute atomic E-state index is 0.377. The molecule has 3 heteroatoms. The summed E-state index contributed by atoms with van der Waals surface area (Å²) in [4.78, 5) is 0. The van der Waals surface area contributed by atoms with Crippen LogP contribution in [0.15, 0.2) is 30.3 Å². The number of hydrogen-bond acceptors (Lipinski definition) is 2. The van der Waals surface area contributed by atoms with Crippen LogP contribution in [-0.4, -0.2) is 16.3 Å². The molecule has 0 saturated carbocycles. The van der Waals surface area contributed by atoms with Gasteiger partial charge in [0.1, 0.15) is 5.82 Å². The lowest BCUT2D eigenvalue weighted by Crippen LogP contribution is -2.24. The molecule has 0 amide bonds. The molecule has 0 saturated heterocycles. The van der Waals surface area contributed by atoms with Crippen LogP contribution >= 0.6 is 0 Å². The minimum Gasteiger partial charge on any atom is -0.370 e. The summed E-state index contributed by atoms with van der Waals surface area (Å²) in [5.41, 5.74) is 3.83. The average Bonchev–Trinajstić information content (AvgIpc) is 2.82. The topological polar surface area (TPSA) is 29.9 Å². The van der Waals surface area contributed by atoms with Crippen LogP contribution in [0.1, 0.15) is 36.2 Å². The zero-order valence-electron chi connectivity index (χ0n) is 11.0. The Morgan fingerprint density at radius 1 is 1.33 bits per heavy atom. The van der Waals surface area contributed by atoms with E-state index in [0.29, 0.717) is 6.04 Å². The average molecular weight is 241 g/mol. The van der Waals surface area contributed by atoms with E-state index in [-0.39, 0.29) is 0 Å². The number of aryl methyl sites for hydroxylation is 2. The van der Waals surface area contributed by atoms with Gasteiger partial charge in [-0.2, -0.15) is 5.10 Å². The van der Waals surface area contributed by atoms with Crippen molar-refractivity contribution >= 4 is 5.82 Å². The van der Waals surface area contributed by atoms with Crippen LogP contribution in [0.5, 0.6) is 0 Å². The number of rotatable bonds is 2. The number of nitrogens with one attached hydrogen (secondary N) is 1. The second-order valence-electron chi connectivity index (χ2n) is 4.96. The van der Waals surface area contributed by atoms with Gasteiger partial charge in [0, 0.05) is 12.6 Å². The molecule has 1 aromatic heterocycles. The summed E-state index contributed by atoms with van der Waals surface area (Å²) in [5.74, 6) is 1.16. The minimum atomic E-state index is 0.377. The fourth-order valence-corrected chi connectivity index (χ4v) is 2.54. The molecular formula is C15H19N3. The maximum Gasteiger partial charge on any atom is 0.125 e. The van der Waals surface area contributed by atoms with Crippen LogP contribution in [0.2, 0.25) is 0 Å². The lowest BCUT2D eigenvalue weighted by molar-refractivity contribution is 0.478. The van der Waals surface area contributed by atoms with E-state index in [1.54, 1.807) is 0 Å². The SMILES string of the molecule is CCc1cc2n(n1)C(c1ccc(C)cc1)CCN2. The highest BCUT2D eigenvalue weighted by Gasteiger charge is 2.22. The van der Waals surface area contributed by atoms with Gasteiger partial charge in [-0.1, -0.05) is 36.8 Å². The first-order valence-corrected chi connectivity index (χ1v) is 6.67. The van der Waals surface area contributed by atoms with Crippen molar-refractivity contribution in [2.24, 2.45) is 0 Å². The Bertz CT molecular complexity index is 539. The summed E-state index contributed by atoms with van der Waals surface area (Å²) in [6.45, 7) is 5.29. The van der Waals surface area contributed by atoms with E-state index in [4.69, 9.17) is 5.10 Å². The van der Waals surface area contributed by atoms with Crippen LogP contribution in [0.25, 0.3) is 0 Å². The van der Waals surface area contributed by atoms with Crippen LogP contribution < -0.4 is 5.32 Å². The highest BCUT2D eigenvalue weighted by Crippen LogP contribution is 2.30. The Kier molecular flexibility index (Phi) is 2.82. The molecule has 0 fully saturated rings. The molecule has 3 rings (SSSR count). The van der Waals surface area contributed by atoms with Gasteiger partial charge in [0.15, 0.2) is 0 Å². The zero-order valence-corrected chi connectivity index (χ0v) is 11.0. The fourth-order valence-electron chi connectivity index (χ4n) is 2.54. The van der Waals surface area contributed by atoms with E-state index in [1.807, 2.05) is 0 Å². The molecule has 0 radical (unpaired) electrons. The number of hydrogen-bond donors (Lipinski definition) is 1. The van der Waals surface area contributed by atoms with E-state index in [0.717, 1.165) is 30.9 Å². The Morgan fingerprint density at radius 2 is 2.11 bits per heavy atom. The molecule has 2 aromatic rings. The number of nitrogens with zero attached hydrogens (tertiary/aromatic N) is 2. The summed E-state index contributed by atoms with van der Waals surface area (Å²) in [6, 6.07) is 11.4. The van der Waals surface area contributed by atoms with Crippen molar-refractivity contribution < 1.29 is 0 Å². The molecular weight excluding hydrogens is 222 g/mol. The number of aromatic nitrogens is 2. The summed E-state index contributed by atoms with van der Waals surface area (Å²) < 4.78 is 2.15. The number of fused-ring (bicyclic) bond motifs is 1. The van der Waals surface area contributed by atoms with Crippen molar-refractivity contribution in [2.45, 2.75) is 32.7 Å². The van der Waals surface area contributed by atoms with Crippen molar-refractivity contribution in [3.05, 3.63) is 47.2 Å². The molecule has 1 aliphatic heterocycles. The van der Waals surface area contributed by atoms with Crippen LogP contribution in [0.4, 0.5) is 5.82 Å². The van der Waals surface area contributed by atoms with Gasteiger partial charge in [0.05, 0.1) is 11.7 Å². The fraction of sp³-hybridized carbons (Fsp3) is 0.400. The third-order valence-corrected chi connectivity index (χ3v) is 3.63. The Morgan fingerprint density at radius 3 is 2.83 bits per heavy atom. The smallest absolute Gasteiger partial charge is 0.125 e. The van der Waals surface area contributed by atoms with Gasteiger partial charge in [-0.25, -0.2) is 4.68 Å². The molecule has 1 unspecified atom stereocenters. The van der Waals surface area contributed by atoms with E-state index in [9.17, 15) is 0 Å². The van der Waals surface area contributed by atoms with Crippen molar-refractivity contribution in [2.75, 3.05) is 11.9 Å². The molecule has 0 bridgehead atoms. The maximum absolute atomic E-state index is 4.70. The van der Waals surface area contributed by atoms with Crippen molar-refractivity contribution in [3.63, 3.8) is 0 Å². The predicted octanol–water partition coefficient (Wildman–Crippen LogP) is 3.16. The first kappa shape index (κ1) is 11.3. The lowest BCUT2D eigenvalue weighted by Gasteiger charge is -2.26. The molecule has 2 heterocycles. The van der Waals surface area contributed by atoms with E-state index >= 15 is 0 Å². The largest absolute Gasteiger partial charge is 0.370 e. The van der Waals surface area contributed by atoms with Gasteiger partial charge in [-0.05, 0) is 25.3 Å². The Labute approximate surface area is 108 Å². The van der Waals surface area contributed by atoms with Gasteiger partial charge < -0.3 is 5.32 Å². The lowest BCUT2D eigenvalue weighted by atomic mass is 10.0. The van der Waals surface area contributed by atoms with Crippen molar-refractivity contribution in [3.8, 4) is 0 Å². The van der Waals surface area contributed by atoms with Crippen molar-refractivity contribution in [1.82, 2.24) is 9.78 Å². The standard InChI is InChI=1S/C15H19N3/c1-3-13-10-15-16-9-8-14(18(15)17-13)12-6-4-11(2)5-7-12/h4-7,10,14,16H,3,8-9H2,1-2H3. The van der Waals surface area contributed by atoms with Crippen molar-refractivity contribution in [1.29, 1.82) is 0 Å². The van der Waals surface area contributed by atoms with Crippen LogP contribution in [0.3, 0.4) is 0 Å². The highest BCUT2D eigenvalue weighted by molar-refractivity contribution is 5.41. The molecule has 0 spiro atoms. The predicted molar refractivity (Wildman–Crippen MR) is 74.0 cm³/mol. The quantitative estimate of drug-likeness (QED) is 0.875. The molecule has 3 nitrogen and oxygen atoms in total. The molecule has 0 aliphatic carbocycles. The number of anilines is 1. The normalized spacial score (nSPS) is 18.2. The van der Waals surface area contributed by atoms with Crippen LogP contribution in [-0.2, 0) is 6.42 Å². The van der Waals surface area contributed by atoms with E-state index < -0.39 is 0 Å². The summed E-state index contributed by atoms with van der Waals surface area (Å²) in [6.07, 6.45) is 2.09. The maximum atomic E-state index is 4.70. The second kappa shape index (κ2) is 4.48. The molecule has 94 valence electrons. The molecule has 1 aromatic carbocycles. The monoisotopic (exact) mass is 241 g/mol. The van der Waals surface area contributed by atoms with Gasteiger partial charge in [0.2, 0.25) is 0 Å². The highest BCUT2D eigenvalue weighted by atomic mass is 15.4. The third kappa shape index (κ3) is 1.90. The van der Waals surface area contributed by atoms with Gasteiger partial charge in [-0.3, -0.25) is 0 Å². The van der Waals surface area contributed by atoms with E-state index in [2.05, 4.69) is 54.2 Å². The zero-order chi connectivity index (χ0) is 12.5. The molecule has 1 atom stereocenters. The summed E-state index contributed by atoms with van der Waals surface area (Å²) >= 11 is 0. The Hall–Kier alpha value is -1.77. The number of benzene rings is 1. The van der Waals surface area contributed by atoms with Gasteiger partial charge >= 0.3 is 0 Å². The van der Waals surface area contributed by atoms with E-state index in [1.165, 1.54) is 11.1 Å². The van der Waals surface area contributed by atoms with Crippen LogP contribution in [0, 0.1) is 6.92 Å². The summed E-state index contributed by atoms with van der Waals surface area (Å²) in [5, 5.41) is 8.13. The molecule has 1 aliphatic rings. The first-order chi connectivity index (χ1) is 8.78. The van der Waals surface area contributed by atoms with Gasteiger partial charge in [0.25, 0.3) is 0 Å². The molecule has 18 heavy (non-hydrogen) atoms. The third-order valence-electron chi connectivity index (χ3n) is 3.63. The summed E-state index contributed by atoms with van der Waals surface area (Å²) in [7, 11) is 0. The first-order valence-electron chi connectivity index (χ1n) is 6.67. The molecule has 1 N–H and O–H groups in total. The Balaban J connectivity index is 2.00.